The number of nitrogens with one attached hydrogen (secondary N) is 6. The minimum absolute atomic E-state index is 0.0609. The number of amides is 5. The molecule has 3 aliphatic rings. The lowest BCUT2D eigenvalue weighted by Crippen LogP contribution is -2.63. The normalized spacial score (nSPS) is 27.8. The number of aromatic nitrogens is 1. The molecule has 0 aliphatic carbocycles. The number of benzene rings is 3. The van der Waals surface area contributed by atoms with Crippen molar-refractivity contribution in [1.82, 2.24) is 31.6 Å². The Hall–Kier alpha value is -5.61. The lowest BCUT2D eigenvalue weighted by atomic mass is 9.99. The molecule has 15 nitrogen and oxygen atoms in total. The summed E-state index contributed by atoms with van der Waals surface area (Å²) >= 11 is 0. The Morgan fingerprint density at radius 2 is 1.14 bits per heavy atom. The van der Waals surface area contributed by atoms with Crippen LogP contribution in [0.4, 0.5) is 0 Å². The number of ether oxygens (including phenoxy) is 3. The second-order valence-corrected chi connectivity index (χ2v) is 15.5. The van der Waals surface area contributed by atoms with Gasteiger partial charge in [-0.05, 0) is 62.4 Å². The molecule has 3 aromatic carbocycles. The van der Waals surface area contributed by atoms with E-state index in [0.717, 1.165) is 27.6 Å². The first-order valence-electron chi connectivity index (χ1n) is 19.8. The van der Waals surface area contributed by atoms with Crippen LogP contribution >= 0.6 is 0 Å². The van der Waals surface area contributed by atoms with E-state index < -0.39 is 84.0 Å². The van der Waals surface area contributed by atoms with Crippen molar-refractivity contribution in [3.05, 3.63) is 108 Å². The van der Waals surface area contributed by atoms with Gasteiger partial charge in [0.15, 0.2) is 18.2 Å². The molecule has 8 atom stereocenters. The molecule has 3 fully saturated rings. The van der Waals surface area contributed by atoms with E-state index in [2.05, 4.69) is 31.6 Å². The average molecular weight is 794 g/mol. The molecule has 0 unspecified atom stereocenters. The second-order valence-electron chi connectivity index (χ2n) is 15.5. The zero-order valence-corrected chi connectivity index (χ0v) is 32.6. The van der Waals surface area contributed by atoms with Crippen LogP contribution in [0.2, 0.25) is 0 Å². The van der Waals surface area contributed by atoms with Gasteiger partial charge < -0.3 is 51.5 Å². The van der Waals surface area contributed by atoms with E-state index in [1.165, 1.54) is 0 Å². The Balaban J connectivity index is 1.28. The molecular weight excluding hydrogens is 743 g/mol. The van der Waals surface area contributed by atoms with Crippen LogP contribution in [-0.2, 0) is 57.4 Å². The topological polar surface area (TPSA) is 215 Å². The maximum atomic E-state index is 14.4. The molecule has 7 rings (SSSR count). The summed E-state index contributed by atoms with van der Waals surface area (Å²) in [6.45, 7) is 3.78. The number of carbonyl (C=O) groups is 5. The Labute approximate surface area is 336 Å². The van der Waals surface area contributed by atoms with Crippen molar-refractivity contribution in [2.45, 2.75) is 107 Å². The van der Waals surface area contributed by atoms with Gasteiger partial charge >= 0.3 is 0 Å². The molecule has 0 saturated carbocycles. The van der Waals surface area contributed by atoms with Crippen molar-refractivity contribution in [2.24, 2.45) is 5.73 Å². The second kappa shape index (κ2) is 17.9. The van der Waals surface area contributed by atoms with Crippen LogP contribution in [0.1, 0.15) is 49.8 Å². The van der Waals surface area contributed by atoms with Gasteiger partial charge in [0.1, 0.15) is 30.3 Å². The number of aromatic amines is 1. The summed E-state index contributed by atoms with van der Waals surface area (Å²) in [5.41, 5.74) is 8.93. The van der Waals surface area contributed by atoms with Crippen LogP contribution in [0.3, 0.4) is 0 Å². The quantitative estimate of drug-likeness (QED) is 0.116. The number of hydrogen-bond donors (Lipinski definition) is 7. The van der Waals surface area contributed by atoms with Crippen molar-refractivity contribution >= 4 is 40.4 Å². The van der Waals surface area contributed by atoms with Crippen molar-refractivity contribution in [3.63, 3.8) is 0 Å². The number of nitrogens with two attached hydrogens (primary N) is 1. The van der Waals surface area contributed by atoms with Gasteiger partial charge in [0, 0.05) is 36.4 Å². The maximum absolute atomic E-state index is 14.4. The zero-order valence-electron chi connectivity index (χ0n) is 32.6. The molecular formula is C43H51N7O8. The molecule has 3 saturated heterocycles. The molecule has 0 radical (unpaired) electrons. The third kappa shape index (κ3) is 9.56. The van der Waals surface area contributed by atoms with Crippen molar-refractivity contribution in [2.75, 3.05) is 6.54 Å². The number of unbranched alkanes of at least 4 members (excludes halogenated alkanes) is 1. The van der Waals surface area contributed by atoms with E-state index in [1.54, 1.807) is 20.0 Å². The monoisotopic (exact) mass is 793 g/mol. The van der Waals surface area contributed by atoms with E-state index >= 15 is 0 Å². The van der Waals surface area contributed by atoms with Crippen LogP contribution in [0.5, 0.6) is 0 Å². The molecule has 0 spiro atoms. The minimum Gasteiger partial charge on any atom is -0.361 e. The fraction of sp³-hybridized carbons (Fsp3) is 0.419. The number of rotatable bonds is 10. The molecule has 8 N–H and O–H groups in total. The van der Waals surface area contributed by atoms with Gasteiger partial charge in [-0.25, -0.2) is 0 Å². The molecule has 1 aromatic heterocycles. The van der Waals surface area contributed by atoms with Gasteiger partial charge in [-0.3, -0.25) is 24.0 Å². The molecule has 306 valence electrons. The predicted molar refractivity (Wildman–Crippen MR) is 214 cm³/mol. The standard InChI is InChI=1S/C43H51N7O8/c1-43(2)57-36-34-35(56-42(36)58-43)41(55)49-31(21-25-13-5-3-6-14-25)38(52)48-33(23-27-24-45-29-18-10-9-17-28(27)29)39(53)46-30(19-11-12-20-44)37(51)47-32(40(54)50-34)22-26-15-7-4-8-16-26/h3-10,13-18,24,30-36,42,45H,11-12,19-23,44H2,1-2H3,(H,46,53)(H,47,51)(H,48,52)(H,49,55)(H,50,54)/t30-,31-,32-,33+,34+,35-,36+,42+/m0/s1. The molecule has 3 aliphatic heterocycles. The van der Waals surface area contributed by atoms with Crippen LogP contribution in [-0.4, -0.2) is 95.6 Å². The highest BCUT2D eigenvalue weighted by atomic mass is 16.8. The molecule has 4 heterocycles. The first kappa shape index (κ1) is 40.6. The Morgan fingerprint density at radius 3 is 1.78 bits per heavy atom. The third-order valence-electron chi connectivity index (χ3n) is 10.8. The van der Waals surface area contributed by atoms with Crippen molar-refractivity contribution in [3.8, 4) is 0 Å². The van der Waals surface area contributed by atoms with E-state index in [0.29, 0.717) is 19.4 Å². The van der Waals surface area contributed by atoms with E-state index in [4.69, 9.17) is 19.9 Å². The summed E-state index contributed by atoms with van der Waals surface area (Å²) in [5.74, 6) is -4.23. The van der Waals surface area contributed by atoms with E-state index in [9.17, 15) is 24.0 Å². The summed E-state index contributed by atoms with van der Waals surface area (Å²) in [5, 5.41) is 15.4. The first-order chi connectivity index (χ1) is 28.0. The van der Waals surface area contributed by atoms with E-state index in [1.807, 2.05) is 84.9 Å². The summed E-state index contributed by atoms with van der Waals surface area (Å²) in [6.07, 6.45) is 0.0639. The van der Waals surface area contributed by atoms with Gasteiger partial charge in [-0.1, -0.05) is 78.9 Å². The van der Waals surface area contributed by atoms with Gasteiger partial charge in [0.2, 0.25) is 23.6 Å². The lowest BCUT2D eigenvalue weighted by molar-refractivity contribution is -0.208. The summed E-state index contributed by atoms with van der Waals surface area (Å²) < 4.78 is 18.3. The third-order valence-corrected chi connectivity index (χ3v) is 10.8. The fourth-order valence-electron chi connectivity index (χ4n) is 7.83. The number of para-hydroxylation sites is 1. The van der Waals surface area contributed by atoms with E-state index in [-0.39, 0.29) is 25.7 Å². The highest BCUT2D eigenvalue weighted by Gasteiger charge is 2.58. The number of hydrogen-bond acceptors (Lipinski definition) is 9. The predicted octanol–water partition coefficient (Wildman–Crippen LogP) is 1.64. The highest BCUT2D eigenvalue weighted by molar-refractivity contribution is 5.97. The lowest BCUT2D eigenvalue weighted by Gasteiger charge is -2.30. The van der Waals surface area contributed by atoms with Gasteiger partial charge in [0.05, 0.1) is 6.04 Å². The van der Waals surface area contributed by atoms with Crippen LogP contribution in [0, 0.1) is 0 Å². The minimum atomic E-state index is -1.35. The van der Waals surface area contributed by atoms with Gasteiger partial charge in [-0.15, -0.1) is 0 Å². The number of fused-ring (bicyclic) bond motifs is 4. The Kier molecular flexibility index (Phi) is 12.5. The molecule has 58 heavy (non-hydrogen) atoms. The van der Waals surface area contributed by atoms with Crippen molar-refractivity contribution < 1.29 is 38.2 Å². The molecule has 15 heteroatoms. The number of carbonyl (C=O) groups excluding carboxylic acids is 5. The maximum Gasteiger partial charge on any atom is 0.252 e. The summed E-state index contributed by atoms with van der Waals surface area (Å²) in [6, 6.07) is 20.3. The largest absolute Gasteiger partial charge is 0.361 e. The highest BCUT2D eigenvalue weighted by Crippen LogP contribution is 2.37. The summed E-state index contributed by atoms with van der Waals surface area (Å²) in [4.78, 5) is 75.1. The first-order valence-corrected chi connectivity index (χ1v) is 19.8. The Morgan fingerprint density at radius 1 is 0.603 bits per heavy atom. The van der Waals surface area contributed by atoms with Crippen LogP contribution in [0.25, 0.3) is 10.9 Å². The fourth-order valence-corrected chi connectivity index (χ4v) is 7.83. The van der Waals surface area contributed by atoms with Crippen molar-refractivity contribution in [1.29, 1.82) is 0 Å². The molecule has 4 aromatic rings. The zero-order chi connectivity index (χ0) is 40.8. The molecule has 0 bridgehead atoms. The van der Waals surface area contributed by atoms with Crippen LogP contribution in [0.15, 0.2) is 91.1 Å². The summed E-state index contributed by atoms with van der Waals surface area (Å²) in [7, 11) is 0. The van der Waals surface area contributed by atoms with Crippen LogP contribution < -0.4 is 32.3 Å². The SMILES string of the molecule is CC1(C)O[C@H]2O[C@@H]3C(=O)N[C@@H](Cc4ccccc4)C(=O)N[C@H](Cc4c[nH]c5ccccc45)C(=O)N[C@@H](CCCCN)C(=O)N[C@@H](Cc4ccccc4)C(=O)N[C@H]3[C@H]2O1. The van der Waals surface area contributed by atoms with Gasteiger partial charge in [-0.2, -0.15) is 0 Å². The Bertz CT molecular complexity index is 2090. The average Bonchev–Trinajstić information content (AvgIpc) is 3.86. The molecule has 5 amide bonds. The number of H-pyrrole nitrogens is 1. The smallest absolute Gasteiger partial charge is 0.252 e. The van der Waals surface area contributed by atoms with Gasteiger partial charge in [0.25, 0.3) is 5.91 Å².